The van der Waals surface area contributed by atoms with Crippen LogP contribution in [0.3, 0.4) is 0 Å². The molecule has 0 bridgehead atoms. The maximum absolute atomic E-state index is 12.2. The first kappa shape index (κ1) is 15.7. The highest BCUT2D eigenvalue weighted by molar-refractivity contribution is 5.79. The van der Waals surface area contributed by atoms with Crippen LogP contribution >= 0.6 is 0 Å². The zero-order chi connectivity index (χ0) is 14.6. The third kappa shape index (κ3) is 5.43. The number of benzene rings is 1. The number of hydrogen-bond donors (Lipinski definition) is 2. The fourth-order valence-electron chi connectivity index (χ4n) is 2.23. The summed E-state index contributed by atoms with van der Waals surface area (Å²) in [6.45, 7) is 10.5. The van der Waals surface area contributed by atoms with Gasteiger partial charge in [-0.25, -0.2) is 0 Å². The van der Waals surface area contributed by atoms with Crippen molar-refractivity contribution in [1.29, 1.82) is 0 Å². The van der Waals surface area contributed by atoms with Crippen molar-refractivity contribution in [1.82, 2.24) is 5.32 Å². The average Bonchev–Trinajstić information content (AvgIpc) is 2.21. The van der Waals surface area contributed by atoms with Crippen LogP contribution in [0.1, 0.15) is 37.5 Å². The van der Waals surface area contributed by atoms with Gasteiger partial charge in [-0.2, -0.15) is 0 Å². The minimum Gasteiger partial charge on any atom is -0.351 e. The van der Waals surface area contributed by atoms with Crippen LogP contribution in [0, 0.1) is 19.8 Å². The molecule has 0 fully saturated rings. The minimum atomic E-state index is -0.215. The van der Waals surface area contributed by atoms with Crippen molar-refractivity contribution in [3.63, 3.8) is 0 Å². The highest BCUT2D eigenvalue weighted by Gasteiger charge is 2.22. The molecular formula is C16H26N2O. The molecule has 1 amide bonds. The second-order valence-electron chi connectivity index (χ2n) is 6.37. The summed E-state index contributed by atoms with van der Waals surface area (Å²) in [5, 5.41) is 3.00. The van der Waals surface area contributed by atoms with Gasteiger partial charge in [0.05, 0.1) is 5.92 Å². The van der Waals surface area contributed by atoms with Crippen LogP contribution in [0.25, 0.3) is 0 Å². The average molecular weight is 262 g/mol. The number of aryl methyl sites for hydroxylation is 2. The normalized spacial score (nSPS) is 13.2. The van der Waals surface area contributed by atoms with E-state index in [4.69, 9.17) is 5.73 Å². The van der Waals surface area contributed by atoms with Crippen molar-refractivity contribution in [2.75, 3.05) is 6.54 Å². The molecule has 3 heteroatoms. The van der Waals surface area contributed by atoms with E-state index in [1.807, 2.05) is 20.8 Å². The third-order valence-electron chi connectivity index (χ3n) is 2.92. The lowest BCUT2D eigenvalue weighted by atomic mass is 9.95. The van der Waals surface area contributed by atoms with E-state index in [2.05, 4.69) is 37.4 Å². The lowest BCUT2D eigenvalue weighted by Crippen LogP contribution is -2.46. The first-order chi connectivity index (χ1) is 8.71. The van der Waals surface area contributed by atoms with Gasteiger partial charge in [0.2, 0.25) is 5.91 Å². The summed E-state index contributed by atoms with van der Waals surface area (Å²) in [5.74, 6) is -0.130. The standard InChI is InChI=1S/C16H26N2O/c1-11-6-12(2)8-13(7-11)9-14(10-17)15(19)18-16(3,4)5/h6-8,14H,9-10,17H2,1-5H3,(H,18,19). The Morgan fingerprint density at radius 1 is 1.21 bits per heavy atom. The molecule has 0 aliphatic heterocycles. The van der Waals surface area contributed by atoms with E-state index >= 15 is 0 Å². The molecule has 0 aromatic heterocycles. The molecule has 3 N–H and O–H groups in total. The van der Waals surface area contributed by atoms with Crippen molar-refractivity contribution in [2.24, 2.45) is 11.7 Å². The Morgan fingerprint density at radius 3 is 2.16 bits per heavy atom. The van der Waals surface area contributed by atoms with Crippen molar-refractivity contribution in [2.45, 2.75) is 46.6 Å². The van der Waals surface area contributed by atoms with Gasteiger partial charge in [-0.3, -0.25) is 4.79 Å². The number of carbonyl (C=O) groups excluding carboxylic acids is 1. The Morgan fingerprint density at radius 2 is 1.74 bits per heavy atom. The van der Waals surface area contributed by atoms with Crippen molar-refractivity contribution in [3.05, 3.63) is 34.9 Å². The number of nitrogens with two attached hydrogens (primary N) is 1. The van der Waals surface area contributed by atoms with Crippen molar-refractivity contribution < 1.29 is 4.79 Å². The van der Waals surface area contributed by atoms with Crippen LogP contribution < -0.4 is 11.1 Å². The molecule has 0 saturated carbocycles. The second kappa shape index (κ2) is 6.20. The van der Waals surface area contributed by atoms with Crippen LogP contribution in [0.15, 0.2) is 18.2 Å². The Bertz CT molecular complexity index is 426. The fourth-order valence-corrected chi connectivity index (χ4v) is 2.23. The van der Waals surface area contributed by atoms with E-state index < -0.39 is 0 Å². The lowest BCUT2D eigenvalue weighted by molar-refractivity contribution is -0.126. The zero-order valence-electron chi connectivity index (χ0n) is 12.7. The summed E-state index contributed by atoms with van der Waals surface area (Å²) >= 11 is 0. The largest absolute Gasteiger partial charge is 0.351 e. The smallest absolute Gasteiger partial charge is 0.225 e. The molecule has 1 atom stereocenters. The number of rotatable bonds is 4. The molecule has 0 aliphatic carbocycles. The van der Waals surface area contributed by atoms with Gasteiger partial charge in [-0.1, -0.05) is 29.3 Å². The molecule has 0 radical (unpaired) electrons. The number of carbonyl (C=O) groups is 1. The summed E-state index contributed by atoms with van der Waals surface area (Å²) in [6, 6.07) is 6.39. The van der Waals surface area contributed by atoms with Crippen LogP contribution in [-0.4, -0.2) is 18.0 Å². The molecule has 0 spiro atoms. The second-order valence-corrected chi connectivity index (χ2v) is 6.37. The topological polar surface area (TPSA) is 55.1 Å². The van der Waals surface area contributed by atoms with Gasteiger partial charge in [0, 0.05) is 12.1 Å². The van der Waals surface area contributed by atoms with Crippen molar-refractivity contribution in [3.8, 4) is 0 Å². The summed E-state index contributed by atoms with van der Waals surface area (Å²) in [5.41, 5.74) is 9.17. The zero-order valence-corrected chi connectivity index (χ0v) is 12.7. The summed E-state index contributed by atoms with van der Waals surface area (Å²) < 4.78 is 0. The first-order valence-corrected chi connectivity index (χ1v) is 6.80. The van der Waals surface area contributed by atoms with Gasteiger partial charge in [-0.05, 0) is 46.6 Å². The van der Waals surface area contributed by atoms with E-state index in [1.165, 1.54) is 16.7 Å². The van der Waals surface area contributed by atoms with E-state index in [-0.39, 0.29) is 17.4 Å². The molecule has 0 heterocycles. The molecule has 1 aromatic carbocycles. The molecule has 106 valence electrons. The number of amides is 1. The van der Waals surface area contributed by atoms with Gasteiger partial charge in [0.15, 0.2) is 0 Å². The summed E-state index contributed by atoms with van der Waals surface area (Å²) in [4.78, 5) is 12.2. The summed E-state index contributed by atoms with van der Waals surface area (Å²) in [6.07, 6.45) is 0.695. The Kier molecular flexibility index (Phi) is 5.12. The summed E-state index contributed by atoms with van der Waals surface area (Å²) in [7, 11) is 0. The maximum atomic E-state index is 12.2. The quantitative estimate of drug-likeness (QED) is 0.875. The molecular weight excluding hydrogens is 236 g/mol. The molecule has 1 unspecified atom stereocenters. The van der Waals surface area contributed by atoms with E-state index in [0.29, 0.717) is 13.0 Å². The van der Waals surface area contributed by atoms with Crippen molar-refractivity contribution >= 4 is 5.91 Å². The predicted molar refractivity (Wildman–Crippen MR) is 80.1 cm³/mol. The van der Waals surface area contributed by atoms with E-state index in [9.17, 15) is 4.79 Å². The van der Waals surface area contributed by atoms with Gasteiger partial charge < -0.3 is 11.1 Å². The maximum Gasteiger partial charge on any atom is 0.225 e. The van der Waals surface area contributed by atoms with Gasteiger partial charge in [0.1, 0.15) is 0 Å². The lowest BCUT2D eigenvalue weighted by Gasteiger charge is -2.24. The molecule has 1 aromatic rings. The van der Waals surface area contributed by atoms with Gasteiger partial charge >= 0.3 is 0 Å². The van der Waals surface area contributed by atoms with Crippen LogP contribution in [-0.2, 0) is 11.2 Å². The molecule has 3 nitrogen and oxygen atoms in total. The molecule has 1 rings (SSSR count). The Labute approximate surface area is 116 Å². The first-order valence-electron chi connectivity index (χ1n) is 6.80. The monoisotopic (exact) mass is 262 g/mol. The van der Waals surface area contributed by atoms with Crippen LogP contribution in [0.2, 0.25) is 0 Å². The highest BCUT2D eigenvalue weighted by Crippen LogP contribution is 2.14. The van der Waals surface area contributed by atoms with E-state index in [0.717, 1.165) is 0 Å². The fraction of sp³-hybridized carbons (Fsp3) is 0.562. The Hall–Kier alpha value is -1.35. The van der Waals surface area contributed by atoms with Gasteiger partial charge in [-0.15, -0.1) is 0 Å². The molecule has 0 aliphatic rings. The SMILES string of the molecule is Cc1cc(C)cc(CC(CN)C(=O)NC(C)(C)C)c1. The minimum absolute atomic E-state index is 0.0363. The van der Waals surface area contributed by atoms with E-state index in [1.54, 1.807) is 0 Å². The number of nitrogens with one attached hydrogen (secondary N) is 1. The third-order valence-corrected chi connectivity index (χ3v) is 2.92. The highest BCUT2D eigenvalue weighted by atomic mass is 16.2. The molecule has 0 saturated heterocycles. The molecule has 19 heavy (non-hydrogen) atoms. The predicted octanol–water partition coefficient (Wildman–Crippen LogP) is 2.34. The van der Waals surface area contributed by atoms with Gasteiger partial charge in [0.25, 0.3) is 0 Å². The van der Waals surface area contributed by atoms with Crippen LogP contribution in [0.4, 0.5) is 0 Å². The Balaban J connectivity index is 2.79. The number of hydrogen-bond acceptors (Lipinski definition) is 2. The van der Waals surface area contributed by atoms with Crippen LogP contribution in [0.5, 0.6) is 0 Å².